The number of hydrogen-bond donors (Lipinski definition) is 2. The van der Waals surface area contributed by atoms with Crippen molar-refractivity contribution < 1.29 is 14.3 Å². The number of carbonyl (C=O) groups is 2. The van der Waals surface area contributed by atoms with E-state index in [0.29, 0.717) is 26.2 Å². The highest BCUT2D eigenvalue weighted by Crippen LogP contribution is 1.97. The van der Waals surface area contributed by atoms with Crippen molar-refractivity contribution in [2.24, 2.45) is 0 Å². The van der Waals surface area contributed by atoms with E-state index in [0.717, 1.165) is 0 Å². The van der Waals surface area contributed by atoms with E-state index in [-0.39, 0.29) is 24.4 Å². The van der Waals surface area contributed by atoms with Crippen LogP contribution in [0, 0.1) is 0 Å². The third kappa shape index (κ3) is 3.46. The lowest BCUT2D eigenvalue weighted by Gasteiger charge is -2.29. The van der Waals surface area contributed by atoms with E-state index >= 15 is 0 Å². The zero-order valence-corrected chi connectivity index (χ0v) is 9.78. The monoisotopic (exact) mass is 229 g/mol. The summed E-state index contributed by atoms with van der Waals surface area (Å²) in [5, 5.41) is 5.58. The predicted molar refractivity (Wildman–Crippen MR) is 58.9 cm³/mol. The first-order valence-corrected chi connectivity index (χ1v) is 5.46. The summed E-state index contributed by atoms with van der Waals surface area (Å²) in [7, 11) is 1.61. The number of methoxy groups -OCH3 is 1. The highest BCUT2D eigenvalue weighted by Gasteiger charge is 2.26. The van der Waals surface area contributed by atoms with Gasteiger partial charge < -0.3 is 15.0 Å². The van der Waals surface area contributed by atoms with E-state index in [9.17, 15) is 9.59 Å². The number of carbonyl (C=O) groups excluding carboxylic acids is 2. The van der Waals surface area contributed by atoms with E-state index in [4.69, 9.17) is 4.74 Å². The van der Waals surface area contributed by atoms with Crippen LogP contribution in [0.15, 0.2) is 0 Å². The van der Waals surface area contributed by atoms with Crippen molar-refractivity contribution in [3.05, 3.63) is 0 Å². The van der Waals surface area contributed by atoms with Crippen molar-refractivity contribution >= 4 is 11.8 Å². The SMILES string of the molecule is CCN(CCOC)C(=O)C1CNC(=O)CN1. The van der Waals surface area contributed by atoms with Gasteiger partial charge in [0.25, 0.3) is 0 Å². The molecule has 0 saturated carbocycles. The van der Waals surface area contributed by atoms with Gasteiger partial charge >= 0.3 is 0 Å². The Morgan fingerprint density at radius 2 is 2.38 bits per heavy atom. The van der Waals surface area contributed by atoms with Gasteiger partial charge in [0, 0.05) is 26.7 Å². The molecule has 0 bridgehead atoms. The number of likely N-dealkylation sites (N-methyl/N-ethyl adjacent to an activating group) is 1. The van der Waals surface area contributed by atoms with E-state index in [1.165, 1.54) is 0 Å². The fourth-order valence-electron chi connectivity index (χ4n) is 1.59. The summed E-state index contributed by atoms with van der Waals surface area (Å²) in [6, 6.07) is -0.311. The number of piperazine rings is 1. The molecular formula is C10H19N3O3. The highest BCUT2D eigenvalue weighted by molar-refractivity contribution is 5.86. The van der Waals surface area contributed by atoms with Gasteiger partial charge in [-0.2, -0.15) is 0 Å². The highest BCUT2D eigenvalue weighted by atomic mass is 16.5. The zero-order valence-electron chi connectivity index (χ0n) is 9.78. The third-order valence-corrected chi connectivity index (χ3v) is 2.57. The Labute approximate surface area is 95.3 Å². The van der Waals surface area contributed by atoms with Crippen LogP contribution in [0.25, 0.3) is 0 Å². The Bertz CT molecular complexity index is 248. The summed E-state index contributed by atoms with van der Waals surface area (Å²) in [6.45, 7) is 4.25. The molecule has 92 valence electrons. The van der Waals surface area contributed by atoms with E-state index in [2.05, 4.69) is 10.6 Å². The summed E-state index contributed by atoms with van der Waals surface area (Å²) in [4.78, 5) is 24.6. The van der Waals surface area contributed by atoms with Crippen LogP contribution in [0.1, 0.15) is 6.92 Å². The predicted octanol–water partition coefficient (Wildman–Crippen LogP) is -1.43. The average molecular weight is 229 g/mol. The maximum atomic E-state index is 12.0. The molecule has 2 amide bonds. The first kappa shape index (κ1) is 12.9. The molecule has 1 rings (SSSR count). The summed E-state index contributed by atoms with van der Waals surface area (Å²) < 4.78 is 4.94. The van der Waals surface area contributed by atoms with Gasteiger partial charge in [-0.05, 0) is 6.92 Å². The van der Waals surface area contributed by atoms with Crippen LogP contribution in [0.4, 0.5) is 0 Å². The molecule has 1 atom stereocenters. The molecule has 0 aromatic heterocycles. The first-order valence-electron chi connectivity index (χ1n) is 5.46. The minimum Gasteiger partial charge on any atom is -0.383 e. The molecule has 0 spiro atoms. The Balaban J connectivity index is 2.44. The molecule has 1 unspecified atom stereocenters. The average Bonchev–Trinajstić information content (AvgIpc) is 2.30. The maximum Gasteiger partial charge on any atom is 0.241 e. The number of amides is 2. The molecule has 16 heavy (non-hydrogen) atoms. The molecule has 1 fully saturated rings. The summed E-state index contributed by atoms with van der Waals surface area (Å²) in [5.41, 5.74) is 0. The second-order valence-electron chi connectivity index (χ2n) is 3.65. The Kier molecular flexibility index (Phi) is 5.21. The number of ether oxygens (including phenoxy) is 1. The molecule has 1 aliphatic heterocycles. The summed E-state index contributed by atoms with van der Waals surface area (Å²) in [5.74, 6) is -0.0523. The minimum absolute atomic E-state index is 0.0135. The van der Waals surface area contributed by atoms with E-state index < -0.39 is 0 Å². The number of nitrogens with zero attached hydrogens (tertiary/aromatic N) is 1. The van der Waals surface area contributed by atoms with E-state index in [1.807, 2.05) is 6.92 Å². The molecule has 1 saturated heterocycles. The molecule has 0 aliphatic carbocycles. The fourth-order valence-corrected chi connectivity index (χ4v) is 1.59. The topological polar surface area (TPSA) is 70.7 Å². The molecule has 6 heteroatoms. The maximum absolute atomic E-state index is 12.0. The molecule has 0 radical (unpaired) electrons. The van der Waals surface area contributed by atoms with Crippen LogP contribution in [0.3, 0.4) is 0 Å². The lowest BCUT2D eigenvalue weighted by molar-refractivity contribution is -0.135. The van der Waals surface area contributed by atoms with Gasteiger partial charge in [0.15, 0.2) is 0 Å². The van der Waals surface area contributed by atoms with Crippen molar-refractivity contribution in [3.8, 4) is 0 Å². The smallest absolute Gasteiger partial charge is 0.241 e. The van der Waals surface area contributed by atoms with Gasteiger partial charge in [0.1, 0.15) is 6.04 Å². The summed E-state index contributed by atoms with van der Waals surface area (Å²) in [6.07, 6.45) is 0. The van der Waals surface area contributed by atoms with Gasteiger partial charge in [0.05, 0.1) is 13.2 Å². The number of rotatable bonds is 5. The van der Waals surface area contributed by atoms with Crippen LogP contribution in [-0.4, -0.2) is 62.7 Å². The van der Waals surface area contributed by atoms with Gasteiger partial charge in [-0.3, -0.25) is 14.9 Å². The van der Waals surface area contributed by atoms with E-state index in [1.54, 1.807) is 12.0 Å². The largest absolute Gasteiger partial charge is 0.383 e. The van der Waals surface area contributed by atoms with Crippen LogP contribution >= 0.6 is 0 Å². The van der Waals surface area contributed by atoms with Crippen LogP contribution in [0.2, 0.25) is 0 Å². The Morgan fingerprint density at radius 1 is 1.62 bits per heavy atom. The Morgan fingerprint density at radius 3 is 2.88 bits per heavy atom. The van der Waals surface area contributed by atoms with Crippen molar-refractivity contribution in [2.75, 3.05) is 39.9 Å². The van der Waals surface area contributed by atoms with Gasteiger partial charge in [-0.15, -0.1) is 0 Å². The molecule has 6 nitrogen and oxygen atoms in total. The van der Waals surface area contributed by atoms with Crippen molar-refractivity contribution in [1.29, 1.82) is 0 Å². The first-order chi connectivity index (χ1) is 7.69. The standard InChI is InChI=1S/C10H19N3O3/c1-3-13(4-5-16-2)10(15)8-6-12-9(14)7-11-8/h8,11H,3-7H2,1-2H3,(H,12,14). The lowest BCUT2D eigenvalue weighted by Crippen LogP contribution is -2.58. The molecule has 2 N–H and O–H groups in total. The van der Waals surface area contributed by atoms with Crippen molar-refractivity contribution in [3.63, 3.8) is 0 Å². The fraction of sp³-hybridized carbons (Fsp3) is 0.800. The second-order valence-corrected chi connectivity index (χ2v) is 3.65. The second kappa shape index (κ2) is 6.44. The zero-order chi connectivity index (χ0) is 12.0. The van der Waals surface area contributed by atoms with Gasteiger partial charge in [0.2, 0.25) is 11.8 Å². The number of nitrogens with one attached hydrogen (secondary N) is 2. The molecule has 0 aromatic carbocycles. The van der Waals surface area contributed by atoms with Crippen LogP contribution < -0.4 is 10.6 Å². The molecule has 1 heterocycles. The normalized spacial score (nSPS) is 20.4. The number of hydrogen-bond acceptors (Lipinski definition) is 4. The third-order valence-electron chi connectivity index (χ3n) is 2.57. The van der Waals surface area contributed by atoms with Crippen LogP contribution in [-0.2, 0) is 14.3 Å². The minimum atomic E-state index is -0.311. The van der Waals surface area contributed by atoms with Gasteiger partial charge in [-0.1, -0.05) is 0 Å². The molecule has 1 aliphatic rings. The van der Waals surface area contributed by atoms with Crippen molar-refractivity contribution in [2.45, 2.75) is 13.0 Å². The quantitative estimate of drug-likeness (QED) is 0.606. The summed E-state index contributed by atoms with van der Waals surface area (Å²) >= 11 is 0. The van der Waals surface area contributed by atoms with Crippen LogP contribution in [0.5, 0.6) is 0 Å². The Hall–Kier alpha value is -1.14. The molecular weight excluding hydrogens is 210 g/mol. The van der Waals surface area contributed by atoms with Crippen molar-refractivity contribution in [1.82, 2.24) is 15.5 Å². The molecule has 0 aromatic rings. The lowest BCUT2D eigenvalue weighted by atomic mass is 10.2. The van der Waals surface area contributed by atoms with Gasteiger partial charge in [-0.25, -0.2) is 0 Å².